The summed E-state index contributed by atoms with van der Waals surface area (Å²) in [5.41, 5.74) is 9.84. The first-order valence-electron chi connectivity index (χ1n) is 12.8. The van der Waals surface area contributed by atoms with Crippen molar-refractivity contribution in [3.8, 4) is 23.2 Å². The standard InChI is InChI=1S/C30H25F3N6O2.ClH/c1-39-24-12-13-35-28(41)23(24)16-25(39)27-20(17-36-29(34)38-27)10-8-19-5-3-7-22(15-19)37-26(40)11-9-18-4-2-6-21(14-18)30(31,32)33;/h2-7,14-17H,9,11-13H2,1H3,(H,35,41)(H,37,40)(H2,34,36,38);1H. The van der Waals surface area contributed by atoms with E-state index in [2.05, 4.69) is 32.4 Å². The molecular weight excluding hydrogens is 569 g/mol. The van der Waals surface area contributed by atoms with Gasteiger partial charge in [-0.15, -0.1) is 12.4 Å². The molecule has 216 valence electrons. The molecule has 0 radical (unpaired) electrons. The number of nitrogens with zero attached hydrogens (tertiary/aromatic N) is 3. The third kappa shape index (κ3) is 6.72. The van der Waals surface area contributed by atoms with Crippen LogP contribution in [0.15, 0.2) is 60.8 Å². The number of benzene rings is 2. The van der Waals surface area contributed by atoms with E-state index >= 15 is 0 Å². The number of rotatable bonds is 5. The maximum atomic E-state index is 13.0. The zero-order valence-corrected chi connectivity index (χ0v) is 23.2. The third-order valence-electron chi connectivity index (χ3n) is 6.68. The number of aryl methyl sites for hydroxylation is 1. The van der Waals surface area contributed by atoms with E-state index in [1.165, 1.54) is 12.3 Å². The van der Waals surface area contributed by atoms with E-state index in [-0.39, 0.29) is 43.0 Å². The van der Waals surface area contributed by atoms with Crippen LogP contribution in [0, 0.1) is 11.8 Å². The number of nitrogens with two attached hydrogens (primary N) is 1. The van der Waals surface area contributed by atoms with Crippen LogP contribution in [-0.2, 0) is 30.9 Å². The molecule has 2 amide bonds. The van der Waals surface area contributed by atoms with E-state index in [0.717, 1.165) is 17.8 Å². The highest BCUT2D eigenvalue weighted by Crippen LogP contribution is 2.30. The molecule has 42 heavy (non-hydrogen) atoms. The van der Waals surface area contributed by atoms with Crippen molar-refractivity contribution in [2.45, 2.75) is 25.4 Å². The molecule has 0 bridgehead atoms. The Kier molecular flexibility index (Phi) is 8.87. The number of alkyl halides is 3. The molecule has 0 saturated carbocycles. The summed E-state index contributed by atoms with van der Waals surface area (Å²) in [5, 5.41) is 5.61. The third-order valence-corrected chi connectivity index (χ3v) is 6.68. The van der Waals surface area contributed by atoms with Gasteiger partial charge >= 0.3 is 6.18 Å². The van der Waals surface area contributed by atoms with Gasteiger partial charge in [-0.3, -0.25) is 9.59 Å². The van der Waals surface area contributed by atoms with E-state index < -0.39 is 11.7 Å². The van der Waals surface area contributed by atoms with Crippen LogP contribution in [0.25, 0.3) is 11.4 Å². The summed E-state index contributed by atoms with van der Waals surface area (Å²) in [6, 6.07) is 13.6. The topological polar surface area (TPSA) is 115 Å². The lowest BCUT2D eigenvalue weighted by atomic mass is 10.1. The van der Waals surface area contributed by atoms with Crippen LogP contribution in [0.4, 0.5) is 24.8 Å². The zero-order valence-electron chi connectivity index (χ0n) is 22.4. The predicted octanol–water partition coefficient (Wildman–Crippen LogP) is 4.76. The first-order chi connectivity index (χ1) is 19.6. The molecule has 2 aromatic heterocycles. The number of anilines is 2. The molecule has 8 nitrogen and oxygen atoms in total. The molecule has 0 fully saturated rings. The minimum absolute atomic E-state index is 0. The minimum atomic E-state index is -4.43. The van der Waals surface area contributed by atoms with Crippen LogP contribution >= 0.6 is 12.4 Å². The Morgan fingerprint density at radius 1 is 1.14 bits per heavy atom. The molecule has 4 aromatic rings. The molecule has 3 heterocycles. The highest BCUT2D eigenvalue weighted by atomic mass is 35.5. The van der Waals surface area contributed by atoms with E-state index in [1.54, 1.807) is 36.4 Å². The van der Waals surface area contributed by atoms with Gasteiger partial charge in [-0.2, -0.15) is 13.2 Å². The van der Waals surface area contributed by atoms with Gasteiger partial charge in [0.15, 0.2) is 0 Å². The van der Waals surface area contributed by atoms with Crippen molar-refractivity contribution < 1.29 is 22.8 Å². The van der Waals surface area contributed by atoms with E-state index in [0.29, 0.717) is 52.3 Å². The SMILES string of the molecule is Cl.Cn1c(-c2nc(N)ncc2C#Cc2cccc(NC(=O)CCc3cccc(C(F)(F)F)c3)c2)cc2c1CCNC2=O. The van der Waals surface area contributed by atoms with Gasteiger partial charge < -0.3 is 20.9 Å². The van der Waals surface area contributed by atoms with Crippen LogP contribution in [0.2, 0.25) is 0 Å². The van der Waals surface area contributed by atoms with Crippen molar-refractivity contribution in [3.63, 3.8) is 0 Å². The maximum Gasteiger partial charge on any atom is 0.416 e. The largest absolute Gasteiger partial charge is 0.416 e. The quantitative estimate of drug-likeness (QED) is 0.288. The molecule has 0 unspecified atom stereocenters. The van der Waals surface area contributed by atoms with E-state index in [4.69, 9.17) is 5.73 Å². The van der Waals surface area contributed by atoms with Crippen molar-refractivity contribution in [2.24, 2.45) is 7.05 Å². The summed E-state index contributed by atoms with van der Waals surface area (Å²) in [4.78, 5) is 33.3. The number of hydrogen-bond donors (Lipinski definition) is 3. The van der Waals surface area contributed by atoms with E-state index in [1.807, 2.05) is 11.6 Å². The lowest BCUT2D eigenvalue weighted by Gasteiger charge is -2.14. The molecular formula is C30H26ClF3N6O2. The van der Waals surface area contributed by atoms with Gasteiger partial charge in [0.25, 0.3) is 5.91 Å². The first kappa shape index (κ1) is 30.1. The maximum absolute atomic E-state index is 13.0. The minimum Gasteiger partial charge on any atom is -0.368 e. The molecule has 12 heteroatoms. The Balaban J connectivity index is 0.00000405. The van der Waals surface area contributed by atoms with E-state index in [9.17, 15) is 22.8 Å². The summed E-state index contributed by atoms with van der Waals surface area (Å²) in [7, 11) is 1.86. The average Bonchev–Trinajstić information content (AvgIpc) is 3.28. The molecule has 0 aliphatic carbocycles. The molecule has 5 rings (SSSR count). The Morgan fingerprint density at radius 2 is 1.93 bits per heavy atom. The van der Waals surface area contributed by atoms with Gasteiger partial charge in [-0.25, -0.2) is 9.97 Å². The molecule has 0 spiro atoms. The summed E-state index contributed by atoms with van der Waals surface area (Å²) < 4.78 is 40.8. The second-order valence-electron chi connectivity index (χ2n) is 9.52. The Morgan fingerprint density at radius 3 is 2.69 bits per heavy atom. The van der Waals surface area contributed by atoms with Gasteiger partial charge in [0.05, 0.1) is 22.4 Å². The molecule has 0 saturated heterocycles. The molecule has 4 N–H and O–H groups in total. The fourth-order valence-electron chi connectivity index (χ4n) is 4.64. The number of fused-ring (bicyclic) bond motifs is 1. The molecule has 2 aromatic carbocycles. The number of amides is 2. The zero-order chi connectivity index (χ0) is 29.1. The summed E-state index contributed by atoms with van der Waals surface area (Å²) in [5.74, 6) is 5.72. The van der Waals surface area contributed by atoms with Crippen molar-refractivity contribution in [2.75, 3.05) is 17.6 Å². The number of carbonyl (C=O) groups excluding carboxylic acids is 2. The Labute approximate surface area is 246 Å². The highest BCUT2D eigenvalue weighted by molar-refractivity contribution is 5.98. The highest BCUT2D eigenvalue weighted by Gasteiger charge is 2.30. The van der Waals surface area contributed by atoms with Gasteiger partial charge in [-0.05, 0) is 42.3 Å². The number of hydrogen-bond acceptors (Lipinski definition) is 5. The number of nitrogen functional groups attached to an aromatic ring is 1. The van der Waals surface area contributed by atoms with Gasteiger partial charge in [-0.1, -0.05) is 36.1 Å². The fourth-order valence-corrected chi connectivity index (χ4v) is 4.64. The lowest BCUT2D eigenvalue weighted by Crippen LogP contribution is -2.31. The summed E-state index contributed by atoms with van der Waals surface area (Å²) in [6.07, 6.45) is -2.04. The number of carbonyl (C=O) groups is 2. The summed E-state index contributed by atoms with van der Waals surface area (Å²) >= 11 is 0. The Hall–Kier alpha value is -4.82. The van der Waals surface area contributed by atoms with Crippen LogP contribution < -0.4 is 16.4 Å². The Bertz CT molecular complexity index is 1720. The van der Waals surface area contributed by atoms with Crippen molar-refractivity contribution in [1.82, 2.24) is 19.9 Å². The molecule has 1 aliphatic rings. The summed E-state index contributed by atoms with van der Waals surface area (Å²) in [6.45, 7) is 0.555. The fraction of sp³-hybridized carbons (Fsp3) is 0.200. The van der Waals surface area contributed by atoms with Crippen molar-refractivity contribution in [1.29, 1.82) is 0 Å². The molecule has 1 aliphatic heterocycles. The average molecular weight is 595 g/mol. The van der Waals surface area contributed by atoms with Gasteiger partial charge in [0.2, 0.25) is 11.9 Å². The van der Waals surface area contributed by atoms with Crippen LogP contribution in [0.5, 0.6) is 0 Å². The normalized spacial score (nSPS) is 12.3. The second-order valence-corrected chi connectivity index (χ2v) is 9.52. The van der Waals surface area contributed by atoms with Crippen LogP contribution in [-0.4, -0.2) is 32.9 Å². The smallest absolute Gasteiger partial charge is 0.368 e. The van der Waals surface area contributed by atoms with Crippen LogP contribution in [0.1, 0.15) is 44.7 Å². The number of halogens is 4. The second kappa shape index (κ2) is 12.4. The van der Waals surface area contributed by atoms with Crippen molar-refractivity contribution in [3.05, 3.63) is 94.3 Å². The lowest BCUT2D eigenvalue weighted by molar-refractivity contribution is -0.137. The van der Waals surface area contributed by atoms with Crippen molar-refractivity contribution >= 4 is 35.9 Å². The van der Waals surface area contributed by atoms with Gasteiger partial charge in [0, 0.05) is 49.6 Å². The molecule has 0 atom stereocenters. The van der Waals surface area contributed by atoms with Gasteiger partial charge in [0.1, 0.15) is 5.69 Å². The first-order valence-corrected chi connectivity index (χ1v) is 12.8. The number of nitrogens with one attached hydrogen (secondary N) is 2. The monoisotopic (exact) mass is 594 g/mol. The predicted molar refractivity (Wildman–Crippen MR) is 155 cm³/mol. The number of aromatic nitrogens is 3. The van der Waals surface area contributed by atoms with Crippen LogP contribution in [0.3, 0.4) is 0 Å².